The molecule has 1 aromatic heterocycles. The number of nitrogens with zero attached hydrogens (tertiary/aromatic N) is 4. The number of carbonyl (C=O) groups excluding carboxylic acids is 2. The van der Waals surface area contributed by atoms with Gasteiger partial charge in [0.25, 0.3) is 5.91 Å². The molecule has 1 aliphatic heterocycles. The highest BCUT2D eigenvalue weighted by molar-refractivity contribution is 5.96. The molecule has 0 atom stereocenters. The summed E-state index contributed by atoms with van der Waals surface area (Å²) < 4.78 is 5.39. The van der Waals surface area contributed by atoms with Crippen molar-refractivity contribution in [3.63, 3.8) is 0 Å². The second-order valence-electron chi connectivity index (χ2n) is 8.28. The van der Waals surface area contributed by atoms with Crippen molar-refractivity contribution in [2.45, 2.75) is 20.4 Å². The first kappa shape index (κ1) is 26.3. The zero-order valence-corrected chi connectivity index (χ0v) is 21.0. The normalized spacial score (nSPS) is 14.3. The number of amides is 2. The quantitative estimate of drug-likeness (QED) is 0.433. The lowest BCUT2D eigenvalue weighted by Gasteiger charge is -2.36. The monoisotopic (exact) mass is 491 g/mol. The molecule has 0 aliphatic carbocycles. The number of piperazine rings is 1. The van der Waals surface area contributed by atoms with E-state index in [0.29, 0.717) is 31.1 Å². The molecule has 0 bridgehead atoms. The summed E-state index contributed by atoms with van der Waals surface area (Å²) in [5.41, 5.74) is 8.72. The number of hydrogen-bond donors (Lipinski definition) is 3. The molecule has 0 radical (unpaired) electrons. The van der Waals surface area contributed by atoms with Gasteiger partial charge in [-0.05, 0) is 31.2 Å². The number of methoxy groups -OCH3 is 1. The predicted octanol–water partition coefficient (Wildman–Crippen LogP) is 2.75. The molecule has 1 fully saturated rings. The average Bonchev–Trinajstić information content (AvgIpc) is 2.88. The fraction of sp³-hybridized carbons (Fsp3) is 0.308. The van der Waals surface area contributed by atoms with Crippen LogP contribution in [0.3, 0.4) is 0 Å². The maximum absolute atomic E-state index is 11.9. The third-order valence-electron chi connectivity index (χ3n) is 5.82. The Kier molecular flexibility index (Phi) is 9.04. The van der Waals surface area contributed by atoms with Crippen LogP contribution in [0.4, 0.5) is 11.5 Å². The molecule has 1 aliphatic rings. The zero-order valence-electron chi connectivity index (χ0n) is 21.0. The molecule has 36 heavy (non-hydrogen) atoms. The summed E-state index contributed by atoms with van der Waals surface area (Å²) in [6.45, 7) is 10.7. The van der Waals surface area contributed by atoms with Gasteiger partial charge in [-0.25, -0.2) is 0 Å². The van der Waals surface area contributed by atoms with Crippen LogP contribution >= 0.6 is 0 Å². The van der Waals surface area contributed by atoms with Crippen molar-refractivity contribution in [1.29, 1.82) is 0 Å². The molecule has 0 unspecified atom stereocenters. The van der Waals surface area contributed by atoms with E-state index in [2.05, 4.69) is 32.3 Å². The van der Waals surface area contributed by atoms with Crippen molar-refractivity contribution < 1.29 is 14.3 Å². The molecule has 1 saturated heterocycles. The molecule has 2 heterocycles. The smallest absolute Gasteiger partial charge is 0.271 e. The summed E-state index contributed by atoms with van der Waals surface area (Å²) >= 11 is 0. The molecule has 0 spiro atoms. The third kappa shape index (κ3) is 6.84. The Morgan fingerprint density at radius 3 is 2.44 bits per heavy atom. The second-order valence-corrected chi connectivity index (χ2v) is 8.28. The van der Waals surface area contributed by atoms with Crippen LogP contribution in [0.2, 0.25) is 0 Å². The molecule has 10 nitrogen and oxygen atoms in total. The summed E-state index contributed by atoms with van der Waals surface area (Å²) in [6, 6.07) is 9.29. The van der Waals surface area contributed by atoms with Crippen molar-refractivity contribution in [3.05, 3.63) is 77.8 Å². The summed E-state index contributed by atoms with van der Waals surface area (Å²) in [7, 11) is 1.61. The molecule has 2 amide bonds. The van der Waals surface area contributed by atoms with Crippen molar-refractivity contribution in [2.24, 2.45) is 5.73 Å². The number of hydrogen-bond acceptors (Lipinski definition) is 8. The van der Waals surface area contributed by atoms with Gasteiger partial charge in [0.15, 0.2) is 11.5 Å². The number of allylic oxidation sites excluding steroid dienone is 4. The van der Waals surface area contributed by atoms with Gasteiger partial charge in [-0.3, -0.25) is 9.59 Å². The second kappa shape index (κ2) is 12.4. The predicted molar refractivity (Wildman–Crippen MR) is 140 cm³/mol. The maximum Gasteiger partial charge on any atom is 0.271 e. The van der Waals surface area contributed by atoms with Crippen LogP contribution in [0.5, 0.6) is 5.75 Å². The number of rotatable bonds is 10. The standard InChI is InChI=1S/C26H33N7O3/c1-5-21(33-14-12-32(13-15-33)19(3)34)11-10-18(2)29-24-16-22(25(26(27)35)31-30-24)28-17-20-8-6-7-9-23(20)36-4/h5-11,16H,1,12-15,17H2,2-4H3,(H2,27,35)(H2,28,29,30)/b18-10+,21-11+. The van der Waals surface area contributed by atoms with E-state index in [9.17, 15) is 9.59 Å². The van der Waals surface area contributed by atoms with Crippen molar-refractivity contribution in [1.82, 2.24) is 20.0 Å². The number of aromatic nitrogens is 2. The number of benzene rings is 1. The van der Waals surface area contributed by atoms with Crippen LogP contribution in [0, 0.1) is 0 Å². The summed E-state index contributed by atoms with van der Waals surface area (Å²) in [4.78, 5) is 27.5. The highest BCUT2D eigenvalue weighted by Gasteiger charge is 2.19. The molecular formula is C26H33N7O3. The highest BCUT2D eigenvalue weighted by Crippen LogP contribution is 2.22. The molecule has 2 aromatic rings. The van der Waals surface area contributed by atoms with E-state index in [4.69, 9.17) is 10.5 Å². The van der Waals surface area contributed by atoms with Gasteiger partial charge in [-0.1, -0.05) is 24.8 Å². The number of ether oxygens (including phenoxy) is 1. The number of nitrogens with one attached hydrogen (secondary N) is 2. The van der Waals surface area contributed by atoms with Crippen LogP contribution in [0.1, 0.15) is 29.9 Å². The van der Waals surface area contributed by atoms with E-state index < -0.39 is 5.91 Å². The largest absolute Gasteiger partial charge is 0.496 e. The van der Waals surface area contributed by atoms with Crippen molar-refractivity contribution in [2.75, 3.05) is 43.9 Å². The van der Waals surface area contributed by atoms with Crippen LogP contribution in [0.15, 0.2) is 66.5 Å². The van der Waals surface area contributed by atoms with Gasteiger partial charge in [0, 0.05) is 62.7 Å². The van der Waals surface area contributed by atoms with Gasteiger partial charge in [0.1, 0.15) is 5.75 Å². The summed E-state index contributed by atoms with van der Waals surface area (Å²) in [6.07, 6.45) is 5.68. The number of para-hydroxylation sites is 1. The molecule has 3 rings (SSSR count). The van der Waals surface area contributed by atoms with Gasteiger partial charge in [-0.15, -0.1) is 10.2 Å². The minimum Gasteiger partial charge on any atom is -0.496 e. The first-order valence-electron chi connectivity index (χ1n) is 11.6. The molecule has 0 saturated carbocycles. The van der Waals surface area contributed by atoms with Gasteiger partial charge in [0.05, 0.1) is 12.8 Å². The Labute approximate surface area is 211 Å². The van der Waals surface area contributed by atoms with E-state index >= 15 is 0 Å². The van der Waals surface area contributed by atoms with Crippen LogP contribution in [-0.4, -0.2) is 65.1 Å². The van der Waals surface area contributed by atoms with E-state index in [1.807, 2.05) is 48.2 Å². The zero-order chi connectivity index (χ0) is 26.1. The third-order valence-corrected chi connectivity index (χ3v) is 5.82. The number of nitrogens with two attached hydrogens (primary N) is 1. The Balaban J connectivity index is 1.71. The van der Waals surface area contributed by atoms with Crippen molar-refractivity contribution in [3.8, 4) is 5.75 Å². The lowest BCUT2D eigenvalue weighted by Crippen LogP contribution is -2.47. The minimum atomic E-state index is -0.674. The maximum atomic E-state index is 11.9. The SMILES string of the molecule is C=C/C(=C\C=C(/C)Nc1cc(NCc2ccccc2OC)c(C(N)=O)nn1)N1CCN(C(C)=O)CC1. The number of carbonyl (C=O) groups is 2. The fourth-order valence-corrected chi connectivity index (χ4v) is 3.85. The van der Waals surface area contributed by atoms with E-state index in [1.54, 1.807) is 26.2 Å². The summed E-state index contributed by atoms with van der Waals surface area (Å²) in [5.74, 6) is 0.614. The van der Waals surface area contributed by atoms with E-state index in [0.717, 1.165) is 35.8 Å². The van der Waals surface area contributed by atoms with Crippen LogP contribution < -0.4 is 21.1 Å². The lowest BCUT2D eigenvalue weighted by molar-refractivity contribution is -0.130. The molecule has 1 aromatic carbocycles. The topological polar surface area (TPSA) is 126 Å². The molecule has 190 valence electrons. The van der Waals surface area contributed by atoms with E-state index in [1.165, 1.54) is 0 Å². The molecule has 4 N–H and O–H groups in total. The van der Waals surface area contributed by atoms with Crippen molar-refractivity contribution >= 4 is 23.3 Å². The number of anilines is 2. The highest BCUT2D eigenvalue weighted by atomic mass is 16.5. The Morgan fingerprint density at radius 2 is 1.81 bits per heavy atom. The Morgan fingerprint density at radius 1 is 1.11 bits per heavy atom. The van der Waals surface area contributed by atoms with Gasteiger partial charge in [-0.2, -0.15) is 0 Å². The fourth-order valence-electron chi connectivity index (χ4n) is 3.85. The minimum absolute atomic E-state index is 0.0515. The van der Waals surface area contributed by atoms with Gasteiger partial charge in [0.2, 0.25) is 5.91 Å². The van der Waals surface area contributed by atoms with Crippen LogP contribution in [-0.2, 0) is 11.3 Å². The molecule has 10 heteroatoms. The van der Waals surface area contributed by atoms with Crippen LogP contribution in [0.25, 0.3) is 0 Å². The lowest BCUT2D eigenvalue weighted by atomic mass is 10.2. The molecular weight excluding hydrogens is 458 g/mol. The van der Waals surface area contributed by atoms with E-state index in [-0.39, 0.29) is 11.6 Å². The average molecular weight is 492 g/mol. The van der Waals surface area contributed by atoms with Gasteiger partial charge < -0.3 is 30.9 Å². The first-order chi connectivity index (χ1) is 17.3. The van der Waals surface area contributed by atoms with Gasteiger partial charge >= 0.3 is 0 Å². The Bertz CT molecular complexity index is 1170. The number of primary amides is 1. The first-order valence-corrected chi connectivity index (χ1v) is 11.6. The Hall–Kier alpha value is -4.34. The summed E-state index contributed by atoms with van der Waals surface area (Å²) in [5, 5.41) is 14.5.